The number of halogens is 2. The predicted octanol–water partition coefficient (Wildman–Crippen LogP) is 4.80. The maximum absolute atomic E-state index is 15.4. The lowest BCUT2D eigenvalue weighted by atomic mass is 9.97. The zero-order valence-corrected chi connectivity index (χ0v) is 25.5. The summed E-state index contributed by atoms with van der Waals surface area (Å²) >= 11 is 0. The van der Waals surface area contributed by atoms with Crippen molar-refractivity contribution in [3.8, 4) is 0 Å². The lowest BCUT2D eigenvalue weighted by molar-refractivity contribution is -0.159. The van der Waals surface area contributed by atoms with Crippen molar-refractivity contribution in [1.29, 1.82) is 0 Å². The molecule has 3 aliphatic rings. The molecular formula is C30H36F2N4O8. The van der Waals surface area contributed by atoms with Gasteiger partial charge in [0.1, 0.15) is 23.3 Å². The molecule has 2 aromatic rings. The molecule has 2 saturated heterocycles. The van der Waals surface area contributed by atoms with Gasteiger partial charge in [-0.25, -0.2) is 23.3 Å². The maximum atomic E-state index is 15.4. The first-order valence-corrected chi connectivity index (χ1v) is 14.3. The fraction of sp³-hybridized carbons (Fsp3) is 0.533. The highest BCUT2D eigenvalue weighted by Gasteiger charge is 2.40. The SMILES string of the molecule is Cc1cc(N(C[C@H]2CN(c3cc(F)c(C4=CCN(C(=O)[C@@H]5COC(C)(C)O5)CC4)c(F)c3)C(=O)O2)C(=O)OC(C)(C)C)on1. The summed E-state index contributed by atoms with van der Waals surface area (Å²) in [6.45, 7) is 10.6. The third-order valence-corrected chi connectivity index (χ3v) is 7.22. The van der Waals surface area contributed by atoms with Crippen LogP contribution in [0.25, 0.3) is 5.57 Å². The van der Waals surface area contributed by atoms with E-state index in [1.807, 2.05) is 0 Å². The Hall–Kier alpha value is -4.04. The summed E-state index contributed by atoms with van der Waals surface area (Å²) in [7, 11) is 0. The van der Waals surface area contributed by atoms with Crippen molar-refractivity contribution in [2.24, 2.45) is 0 Å². The molecule has 2 fully saturated rings. The van der Waals surface area contributed by atoms with Gasteiger partial charge in [-0.05, 0) is 65.7 Å². The van der Waals surface area contributed by atoms with E-state index in [2.05, 4.69) is 5.16 Å². The highest BCUT2D eigenvalue weighted by molar-refractivity contribution is 5.91. The summed E-state index contributed by atoms with van der Waals surface area (Å²) in [5, 5.41) is 3.81. The second kappa shape index (κ2) is 11.8. The molecule has 14 heteroatoms. The van der Waals surface area contributed by atoms with Gasteiger partial charge < -0.3 is 28.4 Å². The third kappa shape index (κ3) is 6.86. The molecule has 0 N–H and O–H groups in total. The van der Waals surface area contributed by atoms with Crippen LogP contribution in [0.5, 0.6) is 0 Å². The summed E-state index contributed by atoms with van der Waals surface area (Å²) in [5.41, 5.74) is -0.124. The Morgan fingerprint density at radius 3 is 2.43 bits per heavy atom. The number of benzene rings is 1. The van der Waals surface area contributed by atoms with Gasteiger partial charge in [-0.2, -0.15) is 0 Å². The molecule has 3 aliphatic heterocycles. The normalized spacial score (nSPS) is 21.7. The minimum atomic E-state index is -0.865. The van der Waals surface area contributed by atoms with E-state index in [1.165, 1.54) is 6.07 Å². The predicted molar refractivity (Wildman–Crippen MR) is 153 cm³/mol. The molecule has 238 valence electrons. The first kappa shape index (κ1) is 31.4. The number of aryl methyl sites for hydroxylation is 1. The van der Waals surface area contributed by atoms with Crippen LogP contribution in [0.3, 0.4) is 0 Å². The van der Waals surface area contributed by atoms with E-state index in [0.29, 0.717) is 11.3 Å². The molecule has 0 spiro atoms. The van der Waals surface area contributed by atoms with Crippen LogP contribution in [-0.2, 0) is 23.7 Å². The van der Waals surface area contributed by atoms with Crippen LogP contribution < -0.4 is 9.80 Å². The summed E-state index contributed by atoms with van der Waals surface area (Å²) in [5.74, 6) is -2.71. The maximum Gasteiger partial charge on any atom is 0.417 e. The van der Waals surface area contributed by atoms with Gasteiger partial charge >= 0.3 is 12.2 Å². The number of rotatable bonds is 6. The van der Waals surface area contributed by atoms with Crippen molar-refractivity contribution in [1.82, 2.24) is 10.1 Å². The zero-order chi connectivity index (χ0) is 32.0. The van der Waals surface area contributed by atoms with Gasteiger partial charge in [0, 0.05) is 24.7 Å². The molecule has 5 rings (SSSR count). The van der Waals surface area contributed by atoms with Crippen LogP contribution in [0.15, 0.2) is 28.8 Å². The minimum absolute atomic E-state index is 0.0372. The second-order valence-electron chi connectivity index (χ2n) is 12.4. The van der Waals surface area contributed by atoms with E-state index >= 15 is 8.78 Å². The fourth-order valence-electron chi connectivity index (χ4n) is 5.21. The summed E-state index contributed by atoms with van der Waals surface area (Å²) < 4.78 is 58.1. The van der Waals surface area contributed by atoms with E-state index in [4.69, 9.17) is 23.5 Å². The van der Waals surface area contributed by atoms with Crippen LogP contribution >= 0.6 is 0 Å². The molecule has 0 radical (unpaired) electrons. The molecule has 0 bridgehead atoms. The Bertz CT molecular complexity index is 1460. The van der Waals surface area contributed by atoms with Crippen molar-refractivity contribution in [3.05, 3.63) is 47.2 Å². The minimum Gasteiger partial charge on any atom is -0.443 e. The molecule has 1 aromatic heterocycles. The van der Waals surface area contributed by atoms with Crippen molar-refractivity contribution in [2.45, 2.75) is 71.6 Å². The Morgan fingerprint density at radius 2 is 1.89 bits per heavy atom. The van der Waals surface area contributed by atoms with Gasteiger partial charge in [0.2, 0.25) is 5.88 Å². The quantitative estimate of drug-likeness (QED) is 0.449. The Labute approximate surface area is 253 Å². The Kier molecular flexibility index (Phi) is 8.42. The Balaban J connectivity index is 1.27. The first-order chi connectivity index (χ1) is 20.6. The summed E-state index contributed by atoms with van der Waals surface area (Å²) in [6, 6.07) is 3.67. The number of hydrogen-bond donors (Lipinski definition) is 0. The molecule has 4 heterocycles. The average molecular weight is 619 g/mol. The highest BCUT2D eigenvalue weighted by atomic mass is 19.1. The highest BCUT2D eigenvalue weighted by Crippen LogP contribution is 2.33. The van der Waals surface area contributed by atoms with E-state index in [9.17, 15) is 14.4 Å². The number of amides is 3. The molecule has 1 aromatic carbocycles. The molecular weight excluding hydrogens is 582 g/mol. The van der Waals surface area contributed by atoms with Crippen molar-refractivity contribution >= 4 is 35.2 Å². The standard InChI is InChI=1S/C30H36F2N4O8/c1-17-11-24(44-33-17)36(28(39)43-29(2,3)4)15-20-14-35(27(38)41-20)19-12-21(31)25(22(32)13-19)18-7-9-34(10-8-18)26(37)23-16-40-30(5,6)42-23/h7,11-13,20,23H,8-10,14-16H2,1-6H3/t20-,23+/m1/s1. The van der Waals surface area contributed by atoms with Gasteiger partial charge in [0.05, 0.1) is 31.1 Å². The van der Waals surface area contributed by atoms with Crippen LogP contribution in [-0.4, -0.2) is 84.5 Å². The monoisotopic (exact) mass is 618 g/mol. The zero-order valence-electron chi connectivity index (χ0n) is 25.5. The molecule has 44 heavy (non-hydrogen) atoms. The lowest BCUT2D eigenvalue weighted by Crippen LogP contribution is -2.43. The number of nitrogens with zero attached hydrogens (tertiary/aromatic N) is 4. The molecule has 0 saturated carbocycles. The van der Waals surface area contributed by atoms with Gasteiger partial charge in [0.15, 0.2) is 11.9 Å². The fourth-order valence-corrected chi connectivity index (χ4v) is 5.21. The Morgan fingerprint density at radius 1 is 1.18 bits per heavy atom. The topological polar surface area (TPSA) is 124 Å². The lowest BCUT2D eigenvalue weighted by Gasteiger charge is -2.29. The van der Waals surface area contributed by atoms with E-state index < -0.39 is 47.4 Å². The molecule has 3 amide bonds. The van der Waals surface area contributed by atoms with Gasteiger partial charge in [-0.3, -0.25) is 9.69 Å². The van der Waals surface area contributed by atoms with E-state index in [-0.39, 0.29) is 62.2 Å². The average Bonchev–Trinajstić information content (AvgIpc) is 3.63. The number of cyclic esters (lactones) is 1. The summed E-state index contributed by atoms with van der Waals surface area (Å²) in [6.07, 6.45) is -1.32. The molecule has 2 atom stereocenters. The van der Waals surface area contributed by atoms with Gasteiger partial charge in [0.25, 0.3) is 5.91 Å². The van der Waals surface area contributed by atoms with Gasteiger partial charge in [-0.15, -0.1) is 0 Å². The number of anilines is 2. The van der Waals surface area contributed by atoms with Crippen LogP contribution in [0.1, 0.15) is 52.3 Å². The second-order valence-corrected chi connectivity index (χ2v) is 12.4. The van der Waals surface area contributed by atoms with E-state index in [1.54, 1.807) is 52.5 Å². The van der Waals surface area contributed by atoms with Gasteiger partial charge in [-0.1, -0.05) is 11.2 Å². The van der Waals surface area contributed by atoms with Crippen LogP contribution in [0.4, 0.5) is 29.9 Å². The first-order valence-electron chi connectivity index (χ1n) is 14.3. The molecule has 12 nitrogen and oxygen atoms in total. The number of aromatic nitrogens is 1. The van der Waals surface area contributed by atoms with Crippen molar-refractivity contribution in [3.63, 3.8) is 0 Å². The smallest absolute Gasteiger partial charge is 0.417 e. The largest absolute Gasteiger partial charge is 0.443 e. The number of carbonyl (C=O) groups excluding carboxylic acids is 3. The number of carbonyl (C=O) groups is 3. The third-order valence-electron chi connectivity index (χ3n) is 7.22. The van der Waals surface area contributed by atoms with Crippen molar-refractivity contribution < 1.29 is 46.6 Å². The number of ether oxygens (including phenoxy) is 4. The van der Waals surface area contributed by atoms with Crippen LogP contribution in [0, 0.1) is 18.6 Å². The molecule has 0 aliphatic carbocycles. The number of hydrogen-bond acceptors (Lipinski definition) is 9. The summed E-state index contributed by atoms with van der Waals surface area (Å²) in [4.78, 5) is 42.4. The molecule has 0 unspecified atom stereocenters. The van der Waals surface area contributed by atoms with Crippen molar-refractivity contribution in [2.75, 3.05) is 42.6 Å². The van der Waals surface area contributed by atoms with E-state index in [0.717, 1.165) is 21.9 Å². The van der Waals surface area contributed by atoms with Crippen LogP contribution in [0.2, 0.25) is 0 Å².